The number of allylic oxidation sites excluding steroid dienone is 1. The SMILES string of the molecule is C=C(C)/C(C(=O)NC(c1ccc(S(=O)CC)cc1)c1nc2c(Cl)c(-c3ccccc3OC(F)F)c(Cl)cc2[nH]1)=C(/C)OC. The highest BCUT2D eigenvalue weighted by Gasteiger charge is 2.26. The lowest BCUT2D eigenvalue weighted by Gasteiger charge is -2.20. The first-order valence-corrected chi connectivity index (χ1v) is 15.2. The first-order chi connectivity index (χ1) is 20.5. The zero-order valence-electron chi connectivity index (χ0n) is 23.8. The molecule has 3 aromatic carbocycles. The van der Waals surface area contributed by atoms with Crippen LogP contribution in [-0.2, 0) is 20.3 Å². The molecule has 226 valence electrons. The molecule has 0 fully saturated rings. The smallest absolute Gasteiger partial charge is 0.387 e. The number of halogens is 4. The van der Waals surface area contributed by atoms with Gasteiger partial charge in [0.1, 0.15) is 28.9 Å². The third-order valence-corrected chi connectivity index (χ3v) is 8.65. The number of methoxy groups -OCH3 is 1. The third kappa shape index (κ3) is 6.92. The molecule has 2 unspecified atom stereocenters. The minimum Gasteiger partial charge on any atom is -0.501 e. The van der Waals surface area contributed by atoms with Crippen LogP contribution in [0.1, 0.15) is 38.2 Å². The van der Waals surface area contributed by atoms with Crippen LogP contribution in [0.25, 0.3) is 22.2 Å². The lowest BCUT2D eigenvalue weighted by molar-refractivity contribution is -0.118. The first-order valence-electron chi connectivity index (χ1n) is 13.1. The zero-order chi connectivity index (χ0) is 31.4. The molecule has 4 rings (SSSR count). The number of alkyl halides is 2. The fraction of sp³-hybridized carbons (Fsp3) is 0.226. The summed E-state index contributed by atoms with van der Waals surface area (Å²) in [7, 11) is 0.292. The van der Waals surface area contributed by atoms with Gasteiger partial charge in [0.25, 0.3) is 5.91 Å². The maximum Gasteiger partial charge on any atom is 0.387 e. The summed E-state index contributed by atoms with van der Waals surface area (Å²) in [6.45, 7) is 6.04. The summed E-state index contributed by atoms with van der Waals surface area (Å²) in [5, 5.41) is 3.27. The van der Waals surface area contributed by atoms with Gasteiger partial charge in [-0.25, -0.2) is 4.98 Å². The number of carbonyl (C=O) groups is 1. The van der Waals surface area contributed by atoms with Gasteiger partial charge in [-0.3, -0.25) is 9.00 Å². The molecule has 4 aromatic rings. The number of para-hydroxylation sites is 1. The van der Waals surface area contributed by atoms with Crippen LogP contribution in [0.15, 0.2) is 83.0 Å². The molecule has 0 aliphatic carbocycles. The van der Waals surface area contributed by atoms with Gasteiger partial charge >= 0.3 is 6.61 Å². The number of ether oxygens (including phenoxy) is 2. The number of rotatable bonds is 11. The van der Waals surface area contributed by atoms with Gasteiger partial charge in [-0.15, -0.1) is 0 Å². The van der Waals surface area contributed by atoms with E-state index in [4.69, 9.17) is 37.7 Å². The molecular weight excluding hydrogens is 619 g/mol. The Balaban J connectivity index is 1.87. The van der Waals surface area contributed by atoms with Crippen molar-refractivity contribution in [3.8, 4) is 16.9 Å². The maximum absolute atomic E-state index is 13.5. The van der Waals surface area contributed by atoms with E-state index in [-0.39, 0.29) is 32.5 Å². The molecule has 7 nitrogen and oxygen atoms in total. The second-order valence-corrected chi connectivity index (χ2v) is 12.0. The minimum absolute atomic E-state index is 0.0984. The number of hydrogen-bond acceptors (Lipinski definition) is 5. The number of hydrogen-bond donors (Lipinski definition) is 2. The van der Waals surface area contributed by atoms with E-state index in [0.29, 0.717) is 44.4 Å². The Kier molecular flexibility index (Phi) is 10.3. The second-order valence-electron chi connectivity index (χ2n) is 9.47. The summed E-state index contributed by atoms with van der Waals surface area (Å²) in [6, 6.07) is 13.9. The predicted octanol–water partition coefficient (Wildman–Crippen LogP) is 7.97. The van der Waals surface area contributed by atoms with E-state index in [0.717, 1.165) is 0 Å². The molecule has 2 atom stereocenters. The van der Waals surface area contributed by atoms with Crippen molar-refractivity contribution in [1.29, 1.82) is 0 Å². The lowest BCUT2D eigenvalue weighted by Crippen LogP contribution is -2.32. The zero-order valence-corrected chi connectivity index (χ0v) is 26.1. The van der Waals surface area contributed by atoms with Gasteiger partial charge in [-0.1, -0.05) is 67.0 Å². The van der Waals surface area contributed by atoms with E-state index in [1.807, 2.05) is 6.92 Å². The van der Waals surface area contributed by atoms with Gasteiger partial charge < -0.3 is 19.8 Å². The molecule has 1 amide bonds. The Morgan fingerprint density at radius 1 is 1.14 bits per heavy atom. The Morgan fingerprint density at radius 2 is 1.81 bits per heavy atom. The van der Waals surface area contributed by atoms with Crippen LogP contribution in [0.3, 0.4) is 0 Å². The van der Waals surface area contributed by atoms with Crippen molar-refractivity contribution in [1.82, 2.24) is 15.3 Å². The fourth-order valence-electron chi connectivity index (χ4n) is 4.60. The van der Waals surface area contributed by atoms with Crippen LogP contribution in [0.2, 0.25) is 10.0 Å². The molecule has 0 bridgehead atoms. The Labute approximate surface area is 260 Å². The number of fused-ring (bicyclic) bond motifs is 1. The van der Waals surface area contributed by atoms with Crippen LogP contribution in [0, 0.1) is 0 Å². The van der Waals surface area contributed by atoms with E-state index in [1.165, 1.54) is 13.2 Å². The van der Waals surface area contributed by atoms with Crippen LogP contribution < -0.4 is 10.1 Å². The third-order valence-electron chi connectivity index (χ3n) is 6.66. The van der Waals surface area contributed by atoms with Crippen LogP contribution in [0.5, 0.6) is 5.75 Å². The highest BCUT2D eigenvalue weighted by Crippen LogP contribution is 2.43. The van der Waals surface area contributed by atoms with Gasteiger partial charge in [0, 0.05) is 21.8 Å². The molecule has 2 N–H and O–H groups in total. The van der Waals surface area contributed by atoms with E-state index in [1.54, 1.807) is 62.4 Å². The fourth-order valence-corrected chi connectivity index (χ4v) is 6.08. The predicted molar refractivity (Wildman–Crippen MR) is 166 cm³/mol. The van der Waals surface area contributed by atoms with Gasteiger partial charge in [0.05, 0.1) is 39.0 Å². The van der Waals surface area contributed by atoms with Gasteiger partial charge in [0.2, 0.25) is 0 Å². The molecule has 1 aromatic heterocycles. The van der Waals surface area contributed by atoms with Crippen molar-refractivity contribution < 1.29 is 27.3 Å². The topological polar surface area (TPSA) is 93.3 Å². The molecule has 0 saturated carbocycles. The molecule has 1 heterocycles. The summed E-state index contributed by atoms with van der Waals surface area (Å²) in [5.74, 6) is 0.599. The number of amides is 1. The number of aromatic amines is 1. The van der Waals surface area contributed by atoms with E-state index >= 15 is 0 Å². The minimum atomic E-state index is -3.05. The Hall–Kier alpha value is -3.73. The first kappa shape index (κ1) is 32.2. The summed E-state index contributed by atoms with van der Waals surface area (Å²) >= 11 is 13.4. The molecule has 43 heavy (non-hydrogen) atoms. The molecule has 0 aliphatic rings. The van der Waals surface area contributed by atoms with Gasteiger partial charge in [-0.2, -0.15) is 8.78 Å². The van der Waals surface area contributed by atoms with E-state index in [2.05, 4.69) is 16.9 Å². The average Bonchev–Trinajstić information content (AvgIpc) is 3.40. The molecule has 12 heteroatoms. The highest BCUT2D eigenvalue weighted by molar-refractivity contribution is 7.85. The Morgan fingerprint density at radius 3 is 2.42 bits per heavy atom. The van der Waals surface area contributed by atoms with Crippen molar-refractivity contribution in [2.24, 2.45) is 0 Å². The summed E-state index contributed by atoms with van der Waals surface area (Å²) in [5.41, 5.74) is 2.69. The largest absolute Gasteiger partial charge is 0.501 e. The van der Waals surface area contributed by atoms with Crippen molar-refractivity contribution in [2.45, 2.75) is 38.3 Å². The van der Waals surface area contributed by atoms with Crippen molar-refractivity contribution in [3.63, 3.8) is 0 Å². The van der Waals surface area contributed by atoms with Crippen LogP contribution in [0.4, 0.5) is 8.78 Å². The number of H-pyrrole nitrogens is 1. The number of benzene rings is 3. The Bertz CT molecular complexity index is 1740. The molecular formula is C31H29Cl2F2N3O4S. The van der Waals surface area contributed by atoms with Crippen LogP contribution in [-0.4, -0.2) is 39.6 Å². The van der Waals surface area contributed by atoms with Crippen LogP contribution >= 0.6 is 23.2 Å². The second kappa shape index (κ2) is 13.7. The number of aromatic nitrogens is 2. The van der Waals surface area contributed by atoms with Crippen molar-refractivity contribution in [2.75, 3.05) is 12.9 Å². The van der Waals surface area contributed by atoms with Crippen molar-refractivity contribution >= 4 is 50.9 Å². The summed E-state index contributed by atoms with van der Waals surface area (Å²) in [4.78, 5) is 22.1. The van der Waals surface area contributed by atoms with E-state index < -0.39 is 29.4 Å². The molecule has 0 saturated heterocycles. The number of imidazole rings is 1. The quantitative estimate of drug-likeness (QED) is 0.0978. The van der Waals surface area contributed by atoms with Crippen molar-refractivity contribution in [3.05, 3.63) is 99.5 Å². The number of nitrogens with zero attached hydrogens (tertiary/aromatic N) is 1. The molecule has 0 spiro atoms. The monoisotopic (exact) mass is 647 g/mol. The summed E-state index contributed by atoms with van der Waals surface area (Å²) < 4.78 is 48.6. The summed E-state index contributed by atoms with van der Waals surface area (Å²) in [6.07, 6.45) is 0. The van der Waals surface area contributed by atoms with Gasteiger partial charge in [0.15, 0.2) is 0 Å². The van der Waals surface area contributed by atoms with E-state index in [9.17, 15) is 17.8 Å². The molecule has 0 aliphatic heterocycles. The number of nitrogens with one attached hydrogen (secondary N) is 2. The standard InChI is InChI=1S/C31H29Cl2F2N3O4S/c1-6-43(40)19-13-11-18(12-14-19)27(38-30(39)24(16(2)3)17(4)41-5)29-36-22-15-21(32)25(26(33)28(22)37-29)20-9-7-8-10-23(20)42-31(34)35/h7-15,27,31H,2,6H2,1,3-5H3,(H,36,37)(H,38,39)/b24-17+. The van der Waals surface area contributed by atoms with Gasteiger partial charge in [-0.05, 0) is 49.2 Å². The lowest BCUT2D eigenvalue weighted by atomic mass is 10.0. The average molecular weight is 649 g/mol. The highest BCUT2D eigenvalue weighted by atomic mass is 35.5. The maximum atomic E-state index is 13.5. The normalized spacial score (nSPS) is 13.4. The molecule has 0 radical (unpaired) electrons. The number of carbonyl (C=O) groups excluding carboxylic acids is 1.